The molecule has 0 fully saturated rings. The number of carbonyl (C=O) groups is 1. The van der Waals surface area contributed by atoms with Crippen molar-refractivity contribution in [2.45, 2.75) is 31.2 Å². The zero-order chi connectivity index (χ0) is 18.4. The van der Waals surface area contributed by atoms with E-state index < -0.39 is 15.9 Å². The van der Waals surface area contributed by atoms with Crippen LogP contribution in [0.5, 0.6) is 5.75 Å². The molecule has 0 radical (unpaired) electrons. The average molecular weight is 363 g/mol. The fourth-order valence-corrected chi connectivity index (χ4v) is 3.33. The van der Waals surface area contributed by atoms with Gasteiger partial charge in [0.2, 0.25) is 0 Å². The van der Waals surface area contributed by atoms with Crippen LogP contribution in [0, 0.1) is 0 Å². The number of ether oxygens (including phenoxy) is 1. The Bertz CT molecular complexity index is 852. The smallest absolute Gasteiger partial charge is 0.262 e. The molecule has 1 aromatic heterocycles. The molecule has 25 heavy (non-hydrogen) atoms. The van der Waals surface area contributed by atoms with Crippen molar-refractivity contribution in [3.63, 3.8) is 0 Å². The van der Waals surface area contributed by atoms with Gasteiger partial charge in [0.1, 0.15) is 10.6 Å². The standard InChI is InChI=1S/C17H21N3O4S/c1-4-12(2)19-17(21)15-7-5-6-8-16(15)25(22,23)20-13-9-14(24-3)11-18-10-13/h5-12,20H,4H2,1-3H3,(H,19,21)/t12-/m0/s1. The summed E-state index contributed by atoms with van der Waals surface area (Å²) >= 11 is 0. The molecular formula is C17H21N3O4S. The van der Waals surface area contributed by atoms with Crippen LogP contribution in [0.25, 0.3) is 0 Å². The predicted molar refractivity (Wildman–Crippen MR) is 95.3 cm³/mol. The number of hydrogen-bond acceptors (Lipinski definition) is 5. The molecule has 1 amide bonds. The van der Waals surface area contributed by atoms with Crippen LogP contribution in [0.1, 0.15) is 30.6 Å². The Labute approximate surface area is 147 Å². The monoisotopic (exact) mass is 363 g/mol. The van der Waals surface area contributed by atoms with Crippen molar-refractivity contribution in [3.05, 3.63) is 48.3 Å². The largest absolute Gasteiger partial charge is 0.495 e. The second kappa shape index (κ2) is 7.98. The van der Waals surface area contributed by atoms with E-state index in [-0.39, 0.29) is 22.2 Å². The second-order valence-electron chi connectivity index (χ2n) is 5.50. The highest BCUT2D eigenvalue weighted by Gasteiger charge is 2.23. The van der Waals surface area contributed by atoms with Crippen molar-refractivity contribution in [1.29, 1.82) is 0 Å². The van der Waals surface area contributed by atoms with Gasteiger partial charge in [0.05, 0.1) is 30.8 Å². The van der Waals surface area contributed by atoms with Crippen molar-refractivity contribution in [1.82, 2.24) is 10.3 Å². The van der Waals surface area contributed by atoms with Crippen LogP contribution >= 0.6 is 0 Å². The summed E-state index contributed by atoms with van der Waals surface area (Å²) in [6.45, 7) is 3.79. The third-order valence-corrected chi connectivity index (χ3v) is 5.05. The van der Waals surface area contributed by atoms with Gasteiger partial charge in [-0.25, -0.2) is 8.42 Å². The summed E-state index contributed by atoms with van der Waals surface area (Å²) in [5.41, 5.74) is 0.336. The lowest BCUT2D eigenvalue weighted by atomic mass is 10.2. The number of amides is 1. The maximum absolute atomic E-state index is 12.7. The molecular weight excluding hydrogens is 342 g/mol. The molecule has 1 atom stereocenters. The lowest BCUT2D eigenvalue weighted by Gasteiger charge is -2.15. The Morgan fingerprint density at radius 3 is 2.68 bits per heavy atom. The normalized spacial score (nSPS) is 12.3. The molecule has 2 aromatic rings. The highest BCUT2D eigenvalue weighted by molar-refractivity contribution is 7.92. The minimum atomic E-state index is -3.96. The fourth-order valence-electron chi connectivity index (χ4n) is 2.09. The lowest BCUT2D eigenvalue weighted by molar-refractivity contribution is 0.0936. The molecule has 7 nitrogen and oxygen atoms in total. The highest BCUT2D eigenvalue weighted by atomic mass is 32.2. The van der Waals surface area contributed by atoms with Gasteiger partial charge in [0.25, 0.3) is 15.9 Å². The summed E-state index contributed by atoms with van der Waals surface area (Å²) in [6.07, 6.45) is 3.57. The minimum absolute atomic E-state index is 0.0567. The van der Waals surface area contributed by atoms with Crippen LogP contribution in [0.15, 0.2) is 47.6 Å². The molecule has 8 heteroatoms. The second-order valence-corrected chi connectivity index (χ2v) is 7.15. The van der Waals surface area contributed by atoms with Crippen LogP contribution in [-0.2, 0) is 10.0 Å². The van der Waals surface area contributed by atoms with Crippen molar-refractivity contribution in [2.24, 2.45) is 0 Å². The van der Waals surface area contributed by atoms with Gasteiger partial charge in [-0.3, -0.25) is 14.5 Å². The molecule has 1 aromatic carbocycles. The van der Waals surface area contributed by atoms with Gasteiger partial charge in [0.15, 0.2) is 0 Å². The van der Waals surface area contributed by atoms with Crippen LogP contribution in [-0.4, -0.2) is 32.5 Å². The average Bonchev–Trinajstić information content (AvgIpc) is 2.61. The van der Waals surface area contributed by atoms with E-state index in [9.17, 15) is 13.2 Å². The van der Waals surface area contributed by atoms with Crippen molar-refractivity contribution in [3.8, 4) is 5.75 Å². The maximum atomic E-state index is 12.7. The fraction of sp³-hybridized carbons (Fsp3) is 0.294. The van der Waals surface area contributed by atoms with E-state index in [4.69, 9.17) is 4.74 Å². The van der Waals surface area contributed by atoms with E-state index >= 15 is 0 Å². The van der Waals surface area contributed by atoms with E-state index in [2.05, 4.69) is 15.0 Å². The topological polar surface area (TPSA) is 97.4 Å². The summed E-state index contributed by atoms with van der Waals surface area (Å²) in [6, 6.07) is 7.51. The molecule has 0 spiro atoms. The van der Waals surface area contributed by atoms with Gasteiger partial charge >= 0.3 is 0 Å². The molecule has 0 saturated carbocycles. The summed E-state index contributed by atoms with van der Waals surface area (Å²) in [5.74, 6) is -0.0120. The molecule has 134 valence electrons. The van der Waals surface area contributed by atoms with Crippen molar-refractivity contribution in [2.75, 3.05) is 11.8 Å². The number of benzene rings is 1. The molecule has 0 aliphatic rings. The minimum Gasteiger partial charge on any atom is -0.495 e. The van der Waals surface area contributed by atoms with Crippen LogP contribution in [0.3, 0.4) is 0 Å². The summed E-state index contributed by atoms with van der Waals surface area (Å²) < 4.78 is 32.9. The number of methoxy groups -OCH3 is 1. The zero-order valence-corrected chi connectivity index (χ0v) is 15.1. The number of hydrogen-bond donors (Lipinski definition) is 2. The van der Waals surface area contributed by atoms with Gasteiger partial charge in [-0.05, 0) is 25.5 Å². The van der Waals surface area contributed by atoms with Gasteiger partial charge in [-0.15, -0.1) is 0 Å². The quantitative estimate of drug-likeness (QED) is 0.787. The Kier molecular flexibility index (Phi) is 5.97. The van der Waals surface area contributed by atoms with Crippen molar-refractivity contribution >= 4 is 21.6 Å². The summed E-state index contributed by atoms with van der Waals surface area (Å²) in [4.78, 5) is 16.2. The molecule has 0 aliphatic heterocycles. The maximum Gasteiger partial charge on any atom is 0.262 e. The molecule has 1 heterocycles. The van der Waals surface area contributed by atoms with Gasteiger partial charge in [-0.1, -0.05) is 19.1 Å². The molecule has 0 saturated heterocycles. The number of carbonyl (C=O) groups excluding carboxylic acids is 1. The Morgan fingerprint density at radius 2 is 2.00 bits per heavy atom. The number of pyridine rings is 1. The molecule has 0 aliphatic carbocycles. The SMILES string of the molecule is CC[C@H](C)NC(=O)c1ccccc1S(=O)(=O)Nc1cncc(OC)c1. The first-order valence-electron chi connectivity index (χ1n) is 7.79. The highest BCUT2D eigenvalue weighted by Crippen LogP contribution is 2.21. The molecule has 0 unspecified atom stereocenters. The van der Waals surface area contributed by atoms with E-state index in [0.717, 1.165) is 6.42 Å². The van der Waals surface area contributed by atoms with Gasteiger partial charge in [0, 0.05) is 12.1 Å². The number of aromatic nitrogens is 1. The zero-order valence-electron chi connectivity index (χ0n) is 14.3. The first-order chi connectivity index (χ1) is 11.9. The lowest BCUT2D eigenvalue weighted by Crippen LogP contribution is -2.33. The number of rotatable bonds is 7. The Hall–Kier alpha value is -2.61. The number of nitrogens with one attached hydrogen (secondary N) is 2. The predicted octanol–water partition coefficient (Wildman–Crippen LogP) is 2.42. The first kappa shape index (κ1) is 18.7. The summed E-state index contributed by atoms with van der Waals surface area (Å²) in [7, 11) is -2.50. The molecule has 2 rings (SSSR count). The third kappa shape index (κ3) is 4.69. The molecule has 2 N–H and O–H groups in total. The Balaban J connectivity index is 2.34. The number of sulfonamides is 1. The molecule has 0 bridgehead atoms. The summed E-state index contributed by atoms with van der Waals surface area (Å²) in [5, 5.41) is 2.78. The van der Waals surface area contributed by atoms with Crippen LogP contribution < -0.4 is 14.8 Å². The number of anilines is 1. The van der Waals surface area contributed by atoms with Crippen LogP contribution in [0.4, 0.5) is 5.69 Å². The Morgan fingerprint density at radius 1 is 1.28 bits per heavy atom. The van der Waals surface area contributed by atoms with Crippen molar-refractivity contribution < 1.29 is 17.9 Å². The van der Waals surface area contributed by atoms with E-state index in [1.807, 2.05) is 13.8 Å². The number of nitrogens with zero attached hydrogens (tertiary/aromatic N) is 1. The van der Waals surface area contributed by atoms with Gasteiger partial charge in [-0.2, -0.15) is 0 Å². The van der Waals surface area contributed by atoms with E-state index in [1.165, 1.54) is 37.7 Å². The van der Waals surface area contributed by atoms with E-state index in [0.29, 0.717) is 5.75 Å². The third-order valence-electron chi connectivity index (χ3n) is 3.61. The van der Waals surface area contributed by atoms with Crippen LogP contribution in [0.2, 0.25) is 0 Å². The van der Waals surface area contributed by atoms with E-state index in [1.54, 1.807) is 12.1 Å². The van der Waals surface area contributed by atoms with Gasteiger partial charge < -0.3 is 10.1 Å². The first-order valence-corrected chi connectivity index (χ1v) is 9.27.